The van der Waals surface area contributed by atoms with Gasteiger partial charge in [-0.2, -0.15) is 4.39 Å². The van der Waals surface area contributed by atoms with Crippen LogP contribution in [0.3, 0.4) is 0 Å². The quantitative estimate of drug-likeness (QED) is 0.314. The van der Waals surface area contributed by atoms with Crippen molar-refractivity contribution in [3.8, 4) is 0 Å². The second-order valence-electron chi connectivity index (χ2n) is 11.3. The van der Waals surface area contributed by atoms with E-state index in [1.54, 1.807) is 0 Å². The van der Waals surface area contributed by atoms with Crippen molar-refractivity contribution in [1.29, 1.82) is 0 Å². The van der Waals surface area contributed by atoms with Gasteiger partial charge in [-0.1, -0.05) is 11.6 Å². The molecule has 5 heterocycles. The number of aliphatic hydroxyl groups is 1. The summed E-state index contributed by atoms with van der Waals surface area (Å²) in [5.41, 5.74) is -1.32. The van der Waals surface area contributed by atoms with Gasteiger partial charge in [-0.15, -0.1) is 0 Å². The van der Waals surface area contributed by atoms with Crippen molar-refractivity contribution in [2.24, 2.45) is 0 Å². The number of aldehydes is 1. The van der Waals surface area contributed by atoms with Gasteiger partial charge in [0.15, 0.2) is 18.6 Å². The number of carbonyl (C=O) groups excluding carboxylic acids is 2. The number of aromatic nitrogens is 4. The summed E-state index contributed by atoms with van der Waals surface area (Å²) >= 11 is 6.18. The van der Waals surface area contributed by atoms with Gasteiger partial charge in [-0.3, -0.25) is 19.0 Å². The van der Waals surface area contributed by atoms with Crippen LogP contribution in [0.1, 0.15) is 24.7 Å². The summed E-state index contributed by atoms with van der Waals surface area (Å²) in [6, 6.07) is 1.51. The molecule has 11 nitrogen and oxygen atoms in total. The minimum Gasteiger partial charge on any atom is -0.508 e. The molecular weight excluding hydrogens is 603 g/mol. The second-order valence-corrected chi connectivity index (χ2v) is 11.7. The van der Waals surface area contributed by atoms with Crippen LogP contribution >= 0.6 is 11.6 Å². The third-order valence-electron chi connectivity index (χ3n) is 8.31. The molecule has 1 amide bonds. The molecule has 1 fully saturated rings. The molecule has 3 aliphatic rings. The maximum absolute atomic E-state index is 15.3. The van der Waals surface area contributed by atoms with Crippen LogP contribution in [0.2, 0.25) is 5.02 Å². The highest BCUT2D eigenvalue weighted by Crippen LogP contribution is 2.37. The fraction of sp³-hybridized carbons (Fsp3) is 0.414. The molecule has 232 valence electrons. The summed E-state index contributed by atoms with van der Waals surface area (Å²) in [6.45, 7) is 3.97. The van der Waals surface area contributed by atoms with E-state index in [9.17, 15) is 28.3 Å². The molecule has 3 aromatic rings. The molecule has 2 aliphatic heterocycles. The zero-order valence-corrected chi connectivity index (χ0v) is 24.6. The number of piperazine rings is 1. The van der Waals surface area contributed by atoms with Gasteiger partial charge in [-0.05, 0) is 32.0 Å². The first-order valence-electron chi connectivity index (χ1n) is 14.1. The fourth-order valence-corrected chi connectivity index (χ4v) is 6.26. The summed E-state index contributed by atoms with van der Waals surface area (Å²) in [4.78, 5) is 51.0. The first-order valence-corrected chi connectivity index (χ1v) is 14.5. The van der Waals surface area contributed by atoms with Crippen LogP contribution in [-0.2, 0) is 29.1 Å². The van der Waals surface area contributed by atoms with E-state index in [2.05, 4.69) is 20.2 Å². The van der Waals surface area contributed by atoms with Crippen molar-refractivity contribution in [3.63, 3.8) is 0 Å². The van der Waals surface area contributed by atoms with E-state index in [4.69, 9.17) is 11.6 Å². The van der Waals surface area contributed by atoms with Gasteiger partial charge in [0.1, 0.15) is 34.6 Å². The van der Waals surface area contributed by atoms with E-state index in [1.165, 1.54) is 21.4 Å². The molecular formula is C29H29ClF3N7O4. The standard InChI is InChI=1S/C29H29ClF3N7O4/c1-14-10-37(2)6-7-39(14)20-9-18(23(30)27(33)35-20)34-21(42)12-38-11-17(16-8-15(13-41)26(43)25(32)24(16)31)22-28(38)36-19-4-3-5-40(19)29(22)44/h8-9,11,13-14,24-25,43H,3-7,10,12H2,1-2H3,(H,34,35,42)/t14-,24?,25?/m0/s1. The third kappa shape index (κ3) is 5.05. The van der Waals surface area contributed by atoms with Crippen molar-refractivity contribution in [2.45, 2.75) is 51.2 Å². The lowest BCUT2D eigenvalue weighted by molar-refractivity contribution is -0.116. The number of aliphatic hydroxyl groups excluding tert-OH is 1. The smallest absolute Gasteiger partial charge is 0.263 e. The van der Waals surface area contributed by atoms with E-state index in [0.29, 0.717) is 37.6 Å². The average molecular weight is 632 g/mol. The molecule has 0 spiro atoms. The van der Waals surface area contributed by atoms with Crippen LogP contribution in [0.4, 0.5) is 24.7 Å². The van der Waals surface area contributed by atoms with Crippen molar-refractivity contribution in [1.82, 2.24) is 24.0 Å². The van der Waals surface area contributed by atoms with Gasteiger partial charge >= 0.3 is 0 Å². The van der Waals surface area contributed by atoms with E-state index in [1.807, 2.05) is 18.9 Å². The Morgan fingerprint density at radius 3 is 2.73 bits per heavy atom. The second kappa shape index (κ2) is 11.4. The molecule has 0 radical (unpaired) electrons. The summed E-state index contributed by atoms with van der Waals surface area (Å²) in [5.74, 6) is -1.87. The number of pyridine rings is 1. The molecule has 2 N–H and O–H groups in total. The average Bonchev–Trinajstić information content (AvgIpc) is 3.60. The van der Waals surface area contributed by atoms with Gasteiger partial charge in [0.2, 0.25) is 11.9 Å². The number of halogens is 4. The molecule has 6 rings (SSSR count). The summed E-state index contributed by atoms with van der Waals surface area (Å²) < 4.78 is 47.5. The van der Waals surface area contributed by atoms with Crippen molar-refractivity contribution < 1.29 is 27.9 Å². The predicted molar refractivity (Wildman–Crippen MR) is 158 cm³/mol. The molecule has 1 saturated heterocycles. The molecule has 1 aliphatic carbocycles. The minimum absolute atomic E-state index is 0.00813. The largest absolute Gasteiger partial charge is 0.508 e. The number of aryl methyl sites for hydroxylation is 1. The molecule has 0 saturated carbocycles. The number of likely N-dealkylation sites (N-methyl/N-ethyl adjacent to an activating group) is 1. The maximum atomic E-state index is 15.3. The number of hydrogen-bond donors (Lipinski definition) is 2. The van der Waals surface area contributed by atoms with Gasteiger partial charge < -0.3 is 24.8 Å². The highest BCUT2D eigenvalue weighted by atomic mass is 35.5. The Morgan fingerprint density at radius 2 is 2.00 bits per heavy atom. The minimum atomic E-state index is -2.53. The number of nitrogens with one attached hydrogen (secondary N) is 1. The topological polar surface area (TPSA) is 126 Å². The fourth-order valence-electron chi connectivity index (χ4n) is 6.11. The molecule has 3 atom stereocenters. The first kappa shape index (κ1) is 29.9. The van der Waals surface area contributed by atoms with Crippen LogP contribution in [-0.4, -0.2) is 86.4 Å². The van der Waals surface area contributed by atoms with Crippen molar-refractivity contribution in [3.05, 3.63) is 62.4 Å². The van der Waals surface area contributed by atoms with Gasteiger partial charge in [0.25, 0.3) is 5.56 Å². The lowest BCUT2D eigenvalue weighted by Gasteiger charge is -2.39. The Morgan fingerprint density at radius 1 is 1.23 bits per heavy atom. The van der Waals surface area contributed by atoms with Gasteiger partial charge in [0, 0.05) is 56.5 Å². The predicted octanol–water partition coefficient (Wildman–Crippen LogP) is 3.19. The lowest BCUT2D eigenvalue weighted by atomic mass is 9.90. The molecule has 44 heavy (non-hydrogen) atoms. The Balaban J connectivity index is 1.38. The Kier molecular flexibility index (Phi) is 7.74. The number of nitrogens with zero attached hydrogens (tertiary/aromatic N) is 6. The van der Waals surface area contributed by atoms with Crippen LogP contribution in [0, 0.1) is 5.95 Å². The zero-order chi connectivity index (χ0) is 31.4. The molecule has 0 aromatic carbocycles. The summed E-state index contributed by atoms with van der Waals surface area (Å²) in [7, 11) is 1.99. The maximum Gasteiger partial charge on any atom is 0.263 e. The SMILES string of the molecule is C[C@H]1CN(C)CCN1c1cc(NC(=O)Cn2cc(C3=CC(C=O)=C(O)C(F)C3F)c3c(=O)n4c(nc32)CCC4)c(Cl)c(F)n1. The highest BCUT2D eigenvalue weighted by molar-refractivity contribution is 6.33. The van der Waals surface area contributed by atoms with Crippen molar-refractivity contribution in [2.75, 3.05) is 36.9 Å². The van der Waals surface area contributed by atoms with E-state index in [-0.39, 0.29) is 45.2 Å². The number of fused-ring (bicyclic) bond motifs is 2. The van der Waals surface area contributed by atoms with Crippen LogP contribution in [0.25, 0.3) is 16.6 Å². The monoisotopic (exact) mass is 631 g/mol. The lowest BCUT2D eigenvalue weighted by Crippen LogP contribution is -2.50. The van der Waals surface area contributed by atoms with Crippen molar-refractivity contribution >= 4 is 51.9 Å². The number of allylic oxidation sites excluding steroid dienone is 4. The number of hydrogen-bond acceptors (Lipinski definition) is 8. The van der Waals surface area contributed by atoms with E-state index < -0.39 is 47.6 Å². The van der Waals surface area contributed by atoms with Crippen LogP contribution in [0.15, 0.2) is 34.5 Å². The molecule has 2 unspecified atom stereocenters. The molecule has 3 aromatic heterocycles. The van der Waals surface area contributed by atoms with Gasteiger partial charge in [-0.25, -0.2) is 18.7 Å². The zero-order valence-electron chi connectivity index (χ0n) is 23.9. The van der Waals surface area contributed by atoms with E-state index in [0.717, 1.165) is 19.2 Å². The van der Waals surface area contributed by atoms with Crippen LogP contribution in [0.5, 0.6) is 0 Å². The van der Waals surface area contributed by atoms with Crippen LogP contribution < -0.4 is 15.8 Å². The van der Waals surface area contributed by atoms with Gasteiger partial charge in [0.05, 0.1) is 16.6 Å². The number of carbonyl (C=O) groups is 2. The number of alkyl halides is 2. The number of rotatable bonds is 6. The summed E-state index contributed by atoms with van der Waals surface area (Å²) in [6.07, 6.45) is -1.29. The van der Waals surface area contributed by atoms with E-state index >= 15 is 4.39 Å². The highest BCUT2D eigenvalue weighted by Gasteiger charge is 2.37. The number of amides is 1. The first-order chi connectivity index (χ1) is 21.0. The third-order valence-corrected chi connectivity index (χ3v) is 8.67. The number of anilines is 2. The Hall–Kier alpha value is -4.17. The normalized spacial score (nSPS) is 22.4. The molecule has 0 bridgehead atoms. The Bertz CT molecular complexity index is 1820. The Labute approximate surface area is 254 Å². The summed E-state index contributed by atoms with van der Waals surface area (Å²) in [5, 5.41) is 12.1. The molecule has 15 heteroatoms.